The average Bonchev–Trinajstić information content (AvgIpc) is 3.48. The van der Waals surface area contributed by atoms with Crippen LogP contribution in [0.25, 0.3) is 15.7 Å². The number of methoxy groups -OCH3 is 2. The highest BCUT2D eigenvalue weighted by atomic mass is 16.5. The minimum absolute atomic E-state index is 0.191. The summed E-state index contributed by atoms with van der Waals surface area (Å²) in [5, 5.41) is 1.07. The van der Waals surface area contributed by atoms with Crippen LogP contribution in [0.2, 0.25) is 0 Å². The highest BCUT2D eigenvalue weighted by Gasteiger charge is 2.56. The Hall–Kier alpha value is -2.52. The molecule has 2 aromatic rings. The Kier molecular flexibility index (Phi) is 3.89. The van der Waals surface area contributed by atoms with Gasteiger partial charge in [-0.2, -0.15) is 0 Å². The highest BCUT2D eigenvalue weighted by molar-refractivity contribution is 5.94. The van der Waals surface area contributed by atoms with Crippen LogP contribution in [0.4, 0.5) is 5.69 Å². The molecule has 0 atom stereocenters. The van der Waals surface area contributed by atoms with E-state index in [0.29, 0.717) is 11.5 Å². The third kappa shape index (κ3) is 2.65. The molecule has 0 amide bonds. The molecule has 1 saturated heterocycles. The summed E-state index contributed by atoms with van der Waals surface area (Å²) in [5.74, 6) is 1.41. The maximum atomic E-state index is 7.45. The number of hydrogen-bond acceptors (Lipinski definition) is 5. The number of rotatable bonds is 4. The van der Waals surface area contributed by atoms with Gasteiger partial charge >= 0.3 is 0 Å². The van der Waals surface area contributed by atoms with Gasteiger partial charge in [0.15, 0.2) is 11.5 Å². The molecule has 0 unspecified atom stereocenters. The summed E-state index contributed by atoms with van der Waals surface area (Å²) in [5.41, 5.74) is 1.87. The van der Waals surface area contributed by atoms with Gasteiger partial charge in [0.25, 0.3) is 5.66 Å². The van der Waals surface area contributed by atoms with Crippen molar-refractivity contribution < 1.29 is 9.47 Å². The van der Waals surface area contributed by atoms with Crippen molar-refractivity contribution in [2.24, 2.45) is 0 Å². The van der Waals surface area contributed by atoms with Crippen molar-refractivity contribution in [3.8, 4) is 11.5 Å². The average molecular weight is 338 g/mol. The van der Waals surface area contributed by atoms with Crippen LogP contribution >= 0.6 is 0 Å². The van der Waals surface area contributed by atoms with Gasteiger partial charge in [0.05, 0.1) is 32.6 Å². The van der Waals surface area contributed by atoms with Gasteiger partial charge < -0.3 is 14.4 Å². The lowest BCUT2D eigenvalue weighted by Crippen LogP contribution is -2.50. The van der Waals surface area contributed by atoms with E-state index >= 15 is 0 Å². The molecule has 0 spiro atoms. The molecule has 1 aliphatic carbocycles. The first-order chi connectivity index (χ1) is 12.2. The molecule has 0 bridgehead atoms. The Labute approximate surface area is 147 Å². The second-order valence-corrected chi connectivity index (χ2v) is 6.62. The van der Waals surface area contributed by atoms with Gasteiger partial charge in [0, 0.05) is 49.5 Å². The molecule has 1 aromatic heterocycles. The van der Waals surface area contributed by atoms with Crippen LogP contribution in [-0.4, -0.2) is 55.9 Å². The van der Waals surface area contributed by atoms with Crippen LogP contribution in [0.1, 0.15) is 12.8 Å². The van der Waals surface area contributed by atoms with Crippen LogP contribution in [0.15, 0.2) is 24.4 Å². The molecule has 4 rings (SSSR count). The number of hydrogen-bond donors (Lipinski definition) is 0. The van der Waals surface area contributed by atoms with Crippen molar-refractivity contribution in [2.75, 3.05) is 45.3 Å². The van der Waals surface area contributed by atoms with Gasteiger partial charge in [-0.05, 0) is 12.1 Å². The number of nitrogens with zero attached hydrogens (tertiary/aromatic N) is 4. The predicted octanol–water partition coefficient (Wildman–Crippen LogP) is 2.78. The van der Waals surface area contributed by atoms with Gasteiger partial charge in [0.2, 0.25) is 0 Å². The van der Waals surface area contributed by atoms with Gasteiger partial charge in [-0.1, -0.05) is 0 Å². The van der Waals surface area contributed by atoms with Crippen LogP contribution in [0.5, 0.6) is 11.5 Å². The van der Waals surface area contributed by atoms with E-state index in [-0.39, 0.29) is 5.66 Å². The highest BCUT2D eigenvalue weighted by Crippen LogP contribution is 2.44. The molecule has 1 saturated carbocycles. The monoisotopic (exact) mass is 338 g/mol. The summed E-state index contributed by atoms with van der Waals surface area (Å²) in [4.78, 5) is 13.1. The Balaban J connectivity index is 1.63. The largest absolute Gasteiger partial charge is 0.493 e. The van der Waals surface area contributed by atoms with Gasteiger partial charge in [-0.15, -0.1) is 0 Å². The van der Waals surface area contributed by atoms with Gasteiger partial charge in [-0.3, -0.25) is 9.83 Å². The molecule has 1 aliphatic heterocycles. The summed E-state index contributed by atoms with van der Waals surface area (Å²) >= 11 is 0. The lowest BCUT2D eigenvalue weighted by atomic mass is 10.1. The Morgan fingerprint density at radius 2 is 1.76 bits per heavy atom. The fraction of sp³-hybridized carbons (Fsp3) is 0.474. The number of benzene rings is 1. The normalized spacial score (nSPS) is 19.5. The van der Waals surface area contributed by atoms with E-state index in [1.165, 1.54) is 5.69 Å². The Morgan fingerprint density at radius 1 is 1.08 bits per heavy atom. The van der Waals surface area contributed by atoms with E-state index in [4.69, 9.17) is 16.0 Å². The molecule has 130 valence electrons. The second-order valence-electron chi connectivity index (χ2n) is 6.62. The van der Waals surface area contributed by atoms with Crippen LogP contribution in [0.3, 0.4) is 0 Å². The second kappa shape index (κ2) is 6.08. The summed E-state index contributed by atoms with van der Waals surface area (Å²) in [6.45, 7) is 11.1. The molecule has 6 nitrogen and oxygen atoms in total. The Morgan fingerprint density at radius 3 is 2.36 bits per heavy atom. The fourth-order valence-corrected chi connectivity index (χ4v) is 3.71. The molecule has 2 fully saturated rings. The van der Waals surface area contributed by atoms with Crippen molar-refractivity contribution in [1.29, 1.82) is 0 Å². The minimum Gasteiger partial charge on any atom is -0.493 e. The smallest absolute Gasteiger partial charge is 0.289 e. The third-order valence-electron chi connectivity index (χ3n) is 5.34. The van der Waals surface area contributed by atoms with Crippen molar-refractivity contribution in [2.45, 2.75) is 18.5 Å². The Bertz CT molecular complexity index is 833. The van der Waals surface area contributed by atoms with Crippen LogP contribution < -0.4 is 14.4 Å². The summed E-state index contributed by atoms with van der Waals surface area (Å²) in [6, 6.07) is 5.99. The van der Waals surface area contributed by atoms with Crippen LogP contribution in [0, 0.1) is 6.57 Å². The van der Waals surface area contributed by atoms with Crippen molar-refractivity contribution >= 4 is 16.6 Å². The number of aromatic nitrogens is 1. The van der Waals surface area contributed by atoms with Crippen molar-refractivity contribution in [3.05, 3.63) is 35.8 Å². The number of fused-ring (bicyclic) bond motifs is 1. The van der Waals surface area contributed by atoms with E-state index in [2.05, 4.69) is 25.7 Å². The predicted molar refractivity (Wildman–Crippen MR) is 97.2 cm³/mol. The topological polar surface area (TPSA) is 42.2 Å². The van der Waals surface area contributed by atoms with E-state index < -0.39 is 0 Å². The summed E-state index contributed by atoms with van der Waals surface area (Å²) < 4.78 is 10.8. The summed E-state index contributed by atoms with van der Waals surface area (Å²) in [7, 11) is 3.29. The molecule has 6 heteroatoms. The van der Waals surface area contributed by atoms with E-state index in [9.17, 15) is 0 Å². The van der Waals surface area contributed by atoms with E-state index in [1.54, 1.807) is 14.2 Å². The zero-order chi connectivity index (χ0) is 17.4. The molecule has 0 radical (unpaired) electrons. The fourth-order valence-electron chi connectivity index (χ4n) is 3.71. The maximum absolute atomic E-state index is 7.45. The van der Waals surface area contributed by atoms with Crippen molar-refractivity contribution in [3.63, 3.8) is 0 Å². The lowest BCUT2D eigenvalue weighted by Gasteiger charge is -2.36. The number of ether oxygens (including phenoxy) is 2. The maximum Gasteiger partial charge on any atom is 0.289 e. The number of pyridine rings is 1. The van der Waals surface area contributed by atoms with Crippen LogP contribution in [-0.2, 0) is 0 Å². The first kappa shape index (κ1) is 16.0. The molecule has 1 aromatic carbocycles. The first-order valence-corrected chi connectivity index (χ1v) is 8.60. The molecule has 2 heterocycles. The molecular formula is C19H22N4O2. The lowest BCUT2D eigenvalue weighted by molar-refractivity contribution is 0.199. The van der Waals surface area contributed by atoms with Crippen molar-refractivity contribution in [1.82, 2.24) is 9.88 Å². The zero-order valence-electron chi connectivity index (χ0n) is 14.7. The number of anilines is 1. The molecule has 25 heavy (non-hydrogen) atoms. The molecule has 0 N–H and O–H groups in total. The summed E-state index contributed by atoms with van der Waals surface area (Å²) in [6.07, 6.45) is 3.88. The first-order valence-electron chi connectivity index (χ1n) is 8.60. The number of piperazine rings is 1. The minimum atomic E-state index is -0.191. The van der Waals surface area contributed by atoms with Gasteiger partial charge in [-0.25, -0.2) is 11.5 Å². The molecule has 2 aliphatic rings. The van der Waals surface area contributed by atoms with Gasteiger partial charge in [0.1, 0.15) is 0 Å². The standard InChI is InChI=1S/C19H22N4O2/c1-20-19(5-6-19)23-10-8-22(9-11-23)16-4-7-21-15-13-18(25-3)17(24-2)12-14(15)16/h4,7,12-13H,5-6,8-11H2,2-3H3. The zero-order valence-corrected chi connectivity index (χ0v) is 14.7. The van der Waals surface area contributed by atoms with E-state index in [0.717, 1.165) is 49.9 Å². The molecular weight excluding hydrogens is 316 g/mol. The quantitative estimate of drug-likeness (QED) is 0.802. The van der Waals surface area contributed by atoms with E-state index in [1.807, 2.05) is 18.3 Å². The SMILES string of the molecule is [C-]#[N+]C1(N2CCN(c3ccnc4cc(OC)c(OC)cc34)CC2)CC1. The third-order valence-corrected chi connectivity index (χ3v) is 5.34.